The zero-order valence-electron chi connectivity index (χ0n) is 10.6. The zero-order valence-corrected chi connectivity index (χ0v) is 10.6. The Balaban J connectivity index is 0.000000198. The Kier molecular flexibility index (Phi) is 2.22. The Morgan fingerprint density at radius 1 is 0.722 bits per heavy atom. The standard InChI is InChI=1S/C14H20.HNO3/c1-7-2-12-10-4-8-5-11(9(1)10)13(3-7)14(12)6-8;2-1(3)4/h7-14H,1-6H2;(H,2,3,4). The first-order valence-electron chi connectivity index (χ1n) is 7.46. The Hall–Kier alpha value is -0.800. The summed E-state index contributed by atoms with van der Waals surface area (Å²) in [5.41, 5.74) is 0. The highest BCUT2D eigenvalue weighted by molar-refractivity contribution is 5.12. The third kappa shape index (κ3) is 1.38. The zero-order chi connectivity index (χ0) is 12.4. The van der Waals surface area contributed by atoms with Crippen molar-refractivity contribution in [1.82, 2.24) is 0 Å². The average Bonchev–Trinajstić information content (AvgIpc) is 2.34. The van der Waals surface area contributed by atoms with Gasteiger partial charge in [0.05, 0.1) is 0 Å². The molecule has 7 saturated carbocycles. The monoisotopic (exact) mass is 251 g/mol. The van der Waals surface area contributed by atoms with Crippen molar-refractivity contribution in [2.75, 3.05) is 0 Å². The largest absolute Gasteiger partial charge is 0.328 e. The second-order valence-corrected chi connectivity index (χ2v) is 7.37. The molecule has 0 spiro atoms. The summed E-state index contributed by atoms with van der Waals surface area (Å²) in [7, 11) is 0. The van der Waals surface area contributed by atoms with E-state index in [4.69, 9.17) is 15.3 Å². The third-order valence-corrected chi connectivity index (χ3v) is 6.93. The second kappa shape index (κ2) is 3.61. The summed E-state index contributed by atoms with van der Waals surface area (Å²) in [6, 6.07) is 0. The van der Waals surface area contributed by atoms with Crippen LogP contribution >= 0.6 is 0 Å². The SMILES string of the molecule is C1C2CC3C4CC5CC(C14)C(C2)C3C5.O=[N+]([O-])O. The van der Waals surface area contributed by atoms with Gasteiger partial charge in [-0.05, 0) is 85.9 Å². The molecule has 1 N–H and O–H groups in total. The van der Waals surface area contributed by atoms with Crippen LogP contribution < -0.4 is 0 Å². The second-order valence-electron chi connectivity index (χ2n) is 7.37. The van der Waals surface area contributed by atoms with Crippen molar-refractivity contribution in [2.24, 2.45) is 47.3 Å². The molecule has 0 aliphatic heterocycles. The summed E-state index contributed by atoms with van der Waals surface area (Å²) in [5.74, 6) is 9.74. The average molecular weight is 251 g/mol. The molecule has 7 fully saturated rings. The van der Waals surface area contributed by atoms with Crippen LogP contribution in [-0.2, 0) is 0 Å². The minimum atomic E-state index is -1.50. The maximum atomic E-state index is 8.36. The Labute approximate surface area is 107 Å². The topological polar surface area (TPSA) is 63.4 Å². The van der Waals surface area contributed by atoms with Crippen LogP contribution in [0, 0.1) is 57.5 Å². The fourth-order valence-electron chi connectivity index (χ4n) is 6.89. The van der Waals surface area contributed by atoms with Gasteiger partial charge in [-0.1, -0.05) is 0 Å². The fourth-order valence-corrected chi connectivity index (χ4v) is 6.89. The molecule has 4 nitrogen and oxygen atoms in total. The van der Waals surface area contributed by atoms with Crippen LogP contribution in [-0.4, -0.2) is 10.3 Å². The molecule has 0 aromatic rings. The van der Waals surface area contributed by atoms with E-state index in [1.807, 2.05) is 0 Å². The molecular formula is C14H21NO3. The highest BCUT2D eigenvalue weighted by Gasteiger charge is 2.63. The van der Waals surface area contributed by atoms with E-state index in [1.165, 1.54) is 47.3 Å². The predicted octanol–water partition coefficient (Wildman–Crippen LogP) is 2.98. The van der Waals surface area contributed by atoms with Gasteiger partial charge in [0.15, 0.2) is 0 Å². The molecule has 0 unspecified atom stereocenters. The maximum absolute atomic E-state index is 8.36. The number of nitrogens with zero attached hydrogens (tertiary/aromatic N) is 1. The molecule has 0 heterocycles. The van der Waals surface area contributed by atoms with Crippen molar-refractivity contribution < 1.29 is 10.3 Å². The summed E-state index contributed by atoms with van der Waals surface area (Å²) >= 11 is 0. The number of hydrogen-bond acceptors (Lipinski definition) is 2. The minimum Gasteiger partial charge on any atom is -0.328 e. The summed E-state index contributed by atoms with van der Waals surface area (Å²) in [6.45, 7) is 0. The van der Waals surface area contributed by atoms with Gasteiger partial charge in [-0.25, -0.2) is 0 Å². The van der Waals surface area contributed by atoms with Crippen molar-refractivity contribution in [3.05, 3.63) is 10.1 Å². The maximum Gasteiger partial charge on any atom is 0.291 e. The van der Waals surface area contributed by atoms with Gasteiger partial charge in [0.25, 0.3) is 5.09 Å². The van der Waals surface area contributed by atoms with Gasteiger partial charge in [-0.2, -0.15) is 0 Å². The molecule has 0 aromatic carbocycles. The Bertz CT molecular complexity index is 292. The first-order chi connectivity index (χ1) is 8.63. The van der Waals surface area contributed by atoms with E-state index < -0.39 is 5.09 Å². The molecule has 4 heteroatoms. The van der Waals surface area contributed by atoms with Crippen LogP contribution in [0.25, 0.3) is 0 Å². The minimum absolute atomic E-state index is 1.19. The van der Waals surface area contributed by atoms with E-state index >= 15 is 0 Å². The lowest BCUT2D eigenvalue weighted by atomic mass is 9.36. The van der Waals surface area contributed by atoms with Gasteiger partial charge in [0.1, 0.15) is 0 Å². The lowest BCUT2D eigenvalue weighted by Crippen LogP contribution is -2.62. The normalized spacial score (nSPS) is 57.3. The van der Waals surface area contributed by atoms with Gasteiger partial charge < -0.3 is 5.21 Å². The molecule has 100 valence electrons. The van der Waals surface area contributed by atoms with E-state index in [1.54, 1.807) is 38.5 Å². The molecule has 18 heavy (non-hydrogen) atoms. The van der Waals surface area contributed by atoms with Crippen molar-refractivity contribution in [3.8, 4) is 0 Å². The Morgan fingerprint density at radius 3 is 1.06 bits per heavy atom. The van der Waals surface area contributed by atoms with Gasteiger partial charge in [0, 0.05) is 0 Å². The van der Waals surface area contributed by atoms with E-state index in [0.29, 0.717) is 0 Å². The molecular weight excluding hydrogens is 230 g/mol. The summed E-state index contributed by atoms with van der Waals surface area (Å²) < 4.78 is 0. The predicted molar refractivity (Wildman–Crippen MR) is 64.4 cm³/mol. The van der Waals surface area contributed by atoms with Crippen molar-refractivity contribution in [1.29, 1.82) is 0 Å². The third-order valence-electron chi connectivity index (χ3n) is 6.93. The highest BCUT2D eigenvalue weighted by atomic mass is 16.9. The van der Waals surface area contributed by atoms with E-state index in [9.17, 15) is 0 Å². The van der Waals surface area contributed by atoms with Gasteiger partial charge in [-0.15, -0.1) is 10.1 Å². The van der Waals surface area contributed by atoms with E-state index in [-0.39, 0.29) is 0 Å². The molecule has 0 atom stereocenters. The van der Waals surface area contributed by atoms with Crippen LogP contribution in [0.3, 0.4) is 0 Å². The highest BCUT2D eigenvalue weighted by Crippen LogP contribution is 2.71. The van der Waals surface area contributed by atoms with E-state index in [0.717, 1.165) is 0 Å². The Morgan fingerprint density at radius 2 is 0.889 bits per heavy atom. The number of rotatable bonds is 0. The summed E-state index contributed by atoms with van der Waals surface area (Å²) in [6.07, 6.45) is 9.93. The van der Waals surface area contributed by atoms with E-state index in [2.05, 4.69) is 0 Å². The quantitative estimate of drug-likeness (QED) is 0.531. The first kappa shape index (κ1) is 11.1. The van der Waals surface area contributed by atoms with Crippen LogP contribution in [0.4, 0.5) is 0 Å². The molecule has 7 aliphatic carbocycles. The van der Waals surface area contributed by atoms with Crippen molar-refractivity contribution >= 4 is 0 Å². The fraction of sp³-hybridized carbons (Fsp3) is 1.00. The van der Waals surface area contributed by atoms with Gasteiger partial charge in [-0.3, -0.25) is 0 Å². The van der Waals surface area contributed by atoms with Gasteiger partial charge in [0.2, 0.25) is 0 Å². The van der Waals surface area contributed by atoms with Gasteiger partial charge >= 0.3 is 0 Å². The molecule has 0 amide bonds. The van der Waals surface area contributed by atoms with Crippen LogP contribution in [0.1, 0.15) is 38.5 Å². The lowest BCUT2D eigenvalue weighted by molar-refractivity contribution is -0.742. The smallest absolute Gasteiger partial charge is 0.291 e. The van der Waals surface area contributed by atoms with Crippen molar-refractivity contribution in [3.63, 3.8) is 0 Å². The summed E-state index contributed by atoms with van der Waals surface area (Å²) in [4.78, 5) is 8.36. The summed E-state index contributed by atoms with van der Waals surface area (Å²) in [5, 5.41) is 13.6. The van der Waals surface area contributed by atoms with Crippen LogP contribution in [0.15, 0.2) is 0 Å². The molecule has 0 saturated heterocycles. The lowest BCUT2D eigenvalue weighted by Gasteiger charge is -2.69. The molecule has 7 aliphatic rings. The molecule has 0 radical (unpaired) electrons. The van der Waals surface area contributed by atoms with Crippen LogP contribution in [0.2, 0.25) is 0 Å². The molecule has 0 aromatic heterocycles. The first-order valence-corrected chi connectivity index (χ1v) is 7.46. The van der Waals surface area contributed by atoms with Crippen LogP contribution in [0.5, 0.6) is 0 Å². The van der Waals surface area contributed by atoms with Crippen molar-refractivity contribution in [2.45, 2.75) is 38.5 Å². The molecule has 8 bridgehead atoms. The number of hydrogen-bond donors (Lipinski definition) is 1. The molecule has 7 rings (SSSR count).